The summed E-state index contributed by atoms with van der Waals surface area (Å²) in [5.74, 6) is -0.101. The highest BCUT2D eigenvalue weighted by atomic mass is 32.2. The van der Waals surface area contributed by atoms with Crippen molar-refractivity contribution in [1.29, 1.82) is 0 Å². The second kappa shape index (κ2) is 15.2. The highest BCUT2D eigenvalue weighted by Gasteiger charge is 2.39. The molecule has 1 amide bonds. The van der Waals surface area contributed by atoms with Crippen LogP contribution in [0.4, 0.5) is 0 Å². The molecule has 0 radical (unpaired) electrons. The van der Waals surface area contributed by atoms with Crippen LogP contribution < -0.4 is 0 Å². The Labute approximate surface area is 261 Å². The monoisotopic (exact) mass is 620 g/mol. The van der Waals surface area contributed by atoms with E-state index in [-0.39, 0.29) is 25.7 Å². The number of amides is 1. The Hall–Kier alpha value is -3.15. The molecule has 3 heterocycles. The zero-order chi connectivity index (χ0) is 30.8. The van der Waals surface area contributed by atoms with Gasteiger partial charge in [-0.05, 0) is 56.0 Å². The fourth-order valence-corrected chi connectivity index (χ4v) is 7.36. The second-order valence-electron chi connectivity index (χ2n) is 11.7. The minimum atomic E-state index is -3.60. The summed E-state index contributed by atoms with van der Waals surface area (Å²) in [4.78, 5) is 21.8. The first-order valence-corrected chi connectivity index (χ1v) is 17.4. The molecule has 0 atom stereocenters. The smallest absolute Gasteiger partial charge is 0.248 e. The lowest BCUT2D eigenvalue weighted by atomic mass is 9.85. The van der Waals surface area contributed by atoms with Crippen LogP contribution in [-0.2, 0) is 29.9 Å². The van der Waals surface area contributed by atoms with Gasteiger partial charge >= 0.3 is 0 Å². The number of pyridine rings is 1. The van der Waals surface area contributed by atoms with E-state index in [1.807, 2.05) is 77.8 Å². The van der Waals surface area contributed by atoms with Crippen molar-refractivity contribution in [2.75, 3.05) is 65.3 Å². The van der Waals surface area contributed by atoms with Crippen LogP contribution >= 0.6 is 0 Å². The molecule has 0 unspecified atom stereocenters. The summed E-state index contributed by atoms with van der Waals surface area (Å²) in [5, 5.41) is 0. The maximum atomic E-state index is 13.2. The third-order valence-corrected chi connectivity index (χ3v) is 9.97. The Morgan fingerprint density at radius 2 is 1.55 bits per heavy atom. The summed E-state index contributed by atoms with van der Waals surface area (Å²) in [7, 11) is -3.60. The molecule has 1 aromatic heterocycles. The number of aromatic nitrogens is 1. The Morgan fingerprint density at radius 3 is 2.11 bits per heavy atom. The topological polar surface area (TPSA) is 92.3 Å². The number of ether oxygens (including phenoxy) is 2. The Kier molecular flexibility index (Phi) is 11.2. The number of carbonyl (C=O) groups excluding carboxylic acids is 1. The molecule has 2 aliphatic rings. The summed E-state index contributed by atoms with van der Waals surface area (Å²) in [6.45, 7) is 5.06. The molecule has 3 aromatic rings. The highest BCUT2D eigenvalue weighted by Crippen LogP contribution is 2.37. The highest BCUT2D eigenvalue weighted by molar-refractivity contribution is 7.88. The number of rotatable bonds is 14. The van der Waals surface area contributed by atoms with Gasteiger partial charge in [0.25, 0.3) is 0 Å². The second-order valence-corrected chi connectivity index (χ2v) is 13.6. The summed E-state index contributed by atoms with van der Waals surface area (Å²) in [6, 6.07) is 22.7. The molecule has 5 rings (SSSR count). The summed E-state index contributed by atoms with van der Waals surface area (Å²) in [6.07, 6.45) is 8.72. The van der Waals surface area contributed by atoms with Crippen molar-refractivity contribution in [2.45, 2.75) is 37.3 Å². The van der Waals surface area contributed by atoms with Crippen molar-refractivity contribution in [3.05, 3.63) is 102 Å². The lowest BCUT2D eigenvalue weighted by Crippen LogP contribution is -2.48. The number of sulfonamides is 1. The molecule has 0 saturated carbocycles. The average Bonchev–Trinajstić information content (AvgIpc) is 3.57. The van der Waals surface area contributed by atoms with Gasteiger partial charge in [0, 0.05) is 44.1 Å². The third-order valence-electron chi connectivity index (χ3n) is 8.72. The van der Waals surface area contributed by atoms with Gasteiger partial charge in [-0.3, -0.25) is 9.78 Å². The molecular formula is C34H44N4O5S. The van der Waals surface area contributed by atoms with Gasteiger partial charge in [0.15, 0.2) is 0 Å². The fraction of sp³-hybridized carbons (Fsp3) is 0.471. The normalized spacial score (nSPS) is 17.4. The first-order valence-electron chi connectivity index (χ1n) is 15.5. The Morgan fingerprint density at radius 1 is 0.909 bits per heavy atom. The molecule has 0 spiro atoms. The molecule has 44 heavy (non-hydrogen) atoms. The van der Waals surface area contributed by atoms with Gasteiger partial charge in [0.2, 0.25) is 15.9 Å². The maximum Gasteiger partial charge on any atom is 0.248 e. The van der Waals surface area contributed by atoms with E-state index in [4.69, 9.17) is 9.47 Å². The van der Waals surface area contributed by atoms with E-state index in [0.717, 1.165) is 36.3 Å². The molecule has 0 N–H and O–H groups in total. The first-order chi connectivity index (χ1) is 21.4. The minimum Gasteiger partial charge on any atom is -0.370 e. The Bertz CT molecular complexity index is 1370. The fourth-order valence-electron chi connectivity index (χ4n) is 6.33. The molecule has 236 valence electrons. The number of carbonyl (C=O) groups is 1. The number of likely N-dealkylation sites (tertiary alicyclic amines) is 2. The van der Waals surface area contributed by atoms with Crippen molar-refractivity contribution in [3.8, 4) is 0 Å². The Balaban J connectivity index is 1.16. The standard InChI is InChI=1S/C34H44N4O5S/c1-44(40,41)38(33(29-11-4-2-5-12-29)30-13-6-3-7-14-30)24-25-42-28-32(39)37-21-16-34(17-22-37,31-15-10-18-35-27-31)43-26-23-36-19-8-9-20-36/h2-7,10-15,18,27,33H,8-9,16-17,19-26,28H2,1H3. The number of piperidine rings is 1. The van der Waals surface area contributed by atoms with Gasteiger partial charge in [-0.1, -0.05) is 66.7 Å². The van der Waals surface area contributed by atoms with Crippen LogP contribution in [0.15, 0.2) is 85.2 Å². The van der Waals surface area contributed by atoms with Gasteiger partial charge in [-0.15, -0.1) is 0 Å². The lowest BCUT2D eigenvalue weighted by molar-refractivity contribution is -0.144. The van der Waals surface area contributed by atoms with E-state index >= 15 is 0 Å². The summed E-state index contributed by atoms with van der Waals surface area (Å²) >= 11 is 0. The van der Waals surface area contributed by atoms with Gasteiger partial charge < -0.3 is 19.3 Å². The molecule has 0 aliphatic carbocycles. The lowest BCUT2D eigenvalue weighted by Gasteiger charge is -2.42. The summed E-state index contributed by atoms with van der Waals surface area (Å²) < 4.78 is 39.8. The molecule has 2 saturated heterocycles. The molecular weight excluding hydrogens is 576 g/mol. The number of hydrogen-bond acceptors (Lipinski definition) is 7. The van der Waals surface area contributed by atoms with Gasteiger partial charge in [0.1, 0.15) is 6.61 Å². The SMILES string of the molecule is CS(=O)(=O)N(CCOCC(=O)N1CCC(OCCN2CCCC2)(c2cccnc2)CC1)C(c1ccccc1)c1ccccc1. The summed E-state index contributed by atoms with van der Waals surface area (Å²) in [5.41, 5.74) is 2.32. The van der Waals surface area contributed by atoms with Crippen LogP contribution in [0.2, 0.25) is 0 Å². The maximum absolute atomic E-state index is 13.2. The van der Waals surface area contributed by atoms with Crippen molar-refractivity contribution >= 4 is 15.9 Å². The van der Waals surface area contributed by atoms with Gasteiger partial charge in [0.05, 0.1) is 31.1 Å². The molecule has 2 fully saturated rings. The molecule has 0 bridgehead atoms. The minimum absolute atomic E-state index is 0.0993. The molecule has 9 nitrogen and oxygen atoms in total. The van der Waals surface area contributed by atoms with E-state index in [2.05, 4.69) is 16.0 Å². The van der Waals surface area contributed by atoms with Gasteiger partial charge in [-0.25, -0.2) is 8.42 Å². The quantitative estimate of drug-likeness (QED) is 0.251. The van der Waals surface area contributed by atoms with E-state index in [0.29, 0.717) is 32.5 Å². The van der Waals surface area contributed by atoms with E-state index in [1.165, 1.54) is 23.4 Å². The molecule has 2 aromatic carbocycles. The number of benzene rings is 2. The van der Waals surface area contributed by atoms with Crippen LogP contribution in [0.25, 0.3) is 0 Å². The molecule has 10 heteroatoms. The van der Waals surface area contributed by atoms with E-state index in [1.54, 1.807) is 6.20 Å². The van der Waals surface area contributed by atoms with Crippen LogP contribution in [0.5, 0.6) is 0 Å². The number of hydrogen-bond donors (Lipinski definition) is 0. The van der Waals surface area contributed by atoms with Crippen LogP contribution in [-0.4, -0.2) is 98.8 Å². The molecule has 2 aliphatic heterocycles. The predicted octanol–water partition coefficient (Wildman–Crippen LogP) is 4.08. The van der Waals surface area contributed by atoms with Crippen LogP contribution in [0.3, 0.4) is 0 Å². The van der Waals surface area contributed by atoms with E-state index < -0.39 is 21.7 Å². The van der Waals surface area contributed by atoms with Crippen LogP contribution in [0, 0.1) is 0 Å². The zero-order valence-electron chi connectivity index (χ0n) is 25.6. The van der Waals surface area contributed by atoms with Crippen molar-refractivity contribution in [2.24, 2.45) is 0 Å². The van der Waals surface area contributed by atoms with Crippen molar-refractivity contribution in [3.63, 3.8) is 0 Å². The van der Waals surface area contributed by atoms with Gasteiger partial charge in [-0.2, -0.15) is 4.31 Å². The number of nitrogens with zero attached hydrogens (tertiary/aromatic N) is 4. The predicted molar refractivity (Wildman–Crippen MR) is 170 cm³/mol. The largest absolute Gasteiger partial charge is 0.370 e. The van der Waals surface area contributed by atoms with Crippen LogP contribution in [0.1, 0.15) is 48.4 Å². The first kappa shape index (κ1) is 32.2. The zero-order valence-corrected chi connectivity index (χ0v) is 26.4. The van der Waals surface area contributed by atoms with E-state index in [9.17, 15) is 13.2 Å². The van der Waals surface area contributed by atoms with Crippen molar-refractivity contribution < 1.29 is 22.7 Å². The van der Waals surface area contributed by atoms with Crippen molar-refractivity contribution in [1.82, 2.24) is 19.1 Å². The third kappa shape index (κ3) is 8.31. The average molecular weight is 621 g/mol.